The first-order chi connectivity index (χ1) is 15.0. The highest BCUT2D eigenvalue weighted by molar-refractivity contribution is 5.88. The van der Waals surface area contributed by atoms with Crippen molar-refractivity contribution in [1.29, 1.82) is 0 Å². The maximum atomic E-state index is 12.4. The summed E-state index contributed by atoms with van der Waals surface area (Å²) in [5.74, 6) is 5.98. The number of carbonyl (C=O) groups is 1. The van der Waals surface area contributed by atoms with Crippen LogP contribution in [0.5, 0.6) is 0 Å². The zero-order valence-electron chi connectivity index (χ0n) is 16.8. The Hall–Kier alpha value is -3.62. The van der Waals surface area contributed by atoms with Crippen molar-refractivity contribution in [2.75, 3.05) is 19.4 Å². The lowest BCUT2D eigenvalue weighted by molar-refractivity contribution is -0.132. The monoisotopic (exact) mass is 420 g/mol. The average molecular weight is 420 g/mol. The SMILES string of the molecule is CNC(=O)[C@]12CC1[C@@H](n1cnc3c(NC)nc(C#Cc4cccnn4)nc31)C(O)[C@@H]2O. The molecular formula is C20H20N8O3. The molecule has 11 nitrogen and oxygen atoms in total. The number of amides is 1. The minimum atomic E-state index is -1.17. The van der Waals surface area contributed by atoms with E-state index in [-0.39, 0.29) is 17.6 Å². The number of nitrogens with one attached hydrogen (secondary N) is 2. The normalized spacial score (nSPS) is 28.5. The van der Waals surface area contributed by atoms with Crippen molar-refractivity contribution in [3.8, 4) is 11.8 Å². The van der Waals surface area contributed by atoms with Crippen molar-refractivity contribution in [3.63, 3.8) is 0 Å². The third-order valence-corrected chi connectivity index (χ3v) is 6.18. The summed E-state index contributed by atoms with van der Waals surface area (Å²) in [5.41, 5.74) is 0.461. The molecule has 2 aliphatic carbocycles. The Morgan fingerprint density at radius 1 is 1.29 bits per heavy atom. The molecule has 158 valence electrons. The van der Waals surface area contributed by atoms with Crippen LogP contribution in [-0.2, 0) is 4.79 Å². The van der Waals surface area contributed by atoms with Crippen molar-refractivity contribution >= 4 is 22.9 Å². The van der Waals surface area contributed by atoms with Crippen LogP contribution < -0.4 is 10.6 Å². The summed E-state index contributed by atoms with van der Waals surface area (Å²) in [4.78, 5) is 25.8. The van der Waals surface area contributed by atoms with Gasteiger partial charge in [0.05, 0.1) is 23.9 Å². The first kappa shape index (κ1) is 19.3. The zero-order valence-corrected chi connectivity index (χ0v) is 16.8. The summed E-state index contributed by atoms with van der Waals surface area (Å²) in [6.07, 6.45) is 1.30. The summed E-state index contributed by atoms with van der Waals surface area (Å²) in [5, 5.41) is 34.7. The van der Waals surface area contributed by atoms with Gasteiger partial charge in [-0.2, -0.15) is 5.10 Å². The van der Waals surface area contributed by atoms with E-state index >= 15 is 0 Å². The summed E-state index contributed by atoms with van der Waals surface area (Å²) in [6.45, 7) is 0. The van der Waals surface area contributed by atoms with Crippen molar-refractivity contribution in [2.24, 2.45) is 11.3 Å². The van der Waals surface area contributed by atoms with Crippen LogP contribution in [0.1, 0.15) is 24.0 Å². The van der Waals surface area contributed by atoms with Gasteiger partial charge in [0.1, 0.15) is 11.8 Å². The molecule has 3 heterocycles. The smallest absolute Gasteiger partial charge is 0.229 e. The lowest BCUT2D eigenvalue weighted by Gasteiger charge is -2.23. The molecule has 2 unspecified atom stereocenters. The van der Waals surface area contributed by atoms with Crippen LogP contribution in [0.25, 0.3) is 11.2 Å². The number of aromatic nitrogens is 6. The second-order valence-electron chi connectivity index (χ2n) is 7.68. The number of fused-ring (bicyclic) bond motifs is 2. The molecule has 0 aliphatic heterocycles. The van der Waals surface area contributed by atoms with Crippen LogP contribution >= 0.6 is 0 Å². The number of anilines is 1. The molecular weight excluding hydrogens is 400 g/mol. The van der Waals surface area contributed by atoms with Gasteiger partial charge in [-0.15, -0.1) is 5.10 Å². The average Bonchev–Trinajstić information content (AvgIpc) is 3.34. The van der Waals surface area contributed by atoms with Gasteiger partial charge in [-0.05, 0) is 30.4 Å². The molecule has 0 saturated heterocycles. The number of aliphatic hydroxyl groups is 2. The lowest BCUT2D eigenvalue weighted by Crippen LogP contribution is -2.41. The fraction of sp³-hybridized carbons (Fsp3) is 0.400. The van der Waals surface area contributed by atoms with E-state index in [1.807, 2.05) is 0 Å². The molecule has 0 bridgehead atoms. The van der Waals surface area contributed by atoms with Crippen LogP contribution in [0, 0.1) is 23.2 Å². The zero-order chi connectivity index (χ0) is 21.8. The Morgan fingerprint density at radius 3 is 2.84 bits per heavy atom. The Kier molecular flexibility index (Phi) is 4.35. The number of rotatable bonds is 3. The van der Waals surface area contributed by atoms with Gasteiger partial charge < -0.3 is 25.4 Å². The minimum Gasteiger partial charge on any atom is -0.389 e. The summed E-state index contributed by atoms with van der Waals surface area (Å²) >= 11 is 0. The number of nitrogens with zero attached hydrogens (tertiary/aromatic N) is 6. The van der Waals surface area contributed by atoms with Gasteiger partial charge >= 0.3 is 0 Å². The van der Waals surface area contributed by atoms with E-state index in [4.69, 9.17) is 0 Å². The minimum absolute atomic E-state index is 0.225. The first-order valence-corrected chi connectivity index (χ1v) is 9.81. The molecule has 11 heteroatoms. The van der Waals surface area contributed by atoms with Crippen LogP contribution in [0.3, 0.4) is 0 Å². The predicted molar refractivity (Wildman–Crippen MR) is 109 cm³/mol. The quantitative estimate of drug-likeness (QED) is 0.395. The fourth-order valence-electron chi connectivity index (χ4n) is 4.64. The van der Waals surface area contributed by atoms with E-state index < -0.39 is 23.7 Å². The van der Waals surface area contributed by atoms with Gasteiger partial charge in [0, 0.05) is 26.2 Å². The Labute approximate surface area is 177 Å². The van der Waals surface area contributed by atoms with Gasteiger partial charge in [0.25, 0.3) is 0 Å². The molecule has 3 aromatic rings. The van der Waals surface area contributed by atoms with Crippen LogP contribution in [-0.4, -0.2) is 72.1 Å². The van der Waals surface area contributed by atoms with E-state index in [0.717, 1.165) is 0 Å². The molecule has 0 aromatic carbocycles. The summed E-state index contributed by atoms with van der Waals surface area (Å²) in [7, 11) is 3.24. The highest BCUT2D eigenvalue weighted by Crippen LogP contribution is 2.67. The third-order valence-electron chi connectivity index (χ3n) is 6.18. The highest BCUT2D eigenvalue weighted by atomic mass is 16.3. The van der Waals surface area contributed by atoms with Crippen LogP contribution in [0.4, 0.5) is 5.82 Å². The standard InChI is InChI=1S/C20H20N8O3/c1-21-17-13-18(26-12(25-17)6-5-10-4-3-7-24-27-10)28(9-23-13)14-11-8-20(11,19(31)22-2)16(30)15(14)29/h3-4,7,9,11,14-16,29-30H,8H2,1-2H3,(H,22,31)(H,21,25,26)/t11?,14-,15?,16+,20-/m1/s1. The lowest BCUT2D eigenvalue weighted by atomic mass is 9.98. The van der Waals surface area contributed by atoms with Crippen molar-refractivity contribution in [3.05, 3.63) is 36.2 Å². The second kappa shape index (κ2) is 6.97. The maximum Gasteiger partial charge on any atom is 0.229 e. The Balaban J connectivity index is 1.58. The number of aliphatic hydroxyl groups excluding tert-OH is 2. The topological polar surface area (TPSA) is 151 Å². The van der Waals surface area contributed by atoms with Gasteiger partial charge in [-0.3, -0.25) is 4.79 Å². The predicted octanol–water partition coefficient (Wildman–Crippen LogP) is -0.913. The Bertz CT molecular complexity index is 1230. The highest BCUT2D eigenvalue weighted by Gasteiger charge is 2.75. The largest absolute Gasteiger partial charge is 0.389 e. The number of hydrogen-bond acceptors (Lipinski definition) is 9. The first-order valence-electron chi connectivity index (χ1n) is 9.81. The number of hydrogen-bond donors (Lipinski definition) is 4. The number of carbonyl (C=O) groups excluding carboxylic acids is 1. The van der Waals surface area contributed by atoms with Gasteiger partial charge in [0.2, 0.25) is 11.7 Å². The molecule has 3 aromatic heterocycles. The van der Waals surface area contributed by atoms with Crippen molar-refractivity contribution in [2.45, 2.75) is 24.7 Å². The van der Waals surface area contributed by atoms with Crippen molar-refractivity contribution in [1.82, 2.24) is 35.0 Å². The van der Waals surface area contributed by atoms with Crippen LogP contribution in [0.2, 0.25) is 0 Å². The molecule has 0 radical (unpaired) electrons. The maximum absolute atomic E-state index is 12.4. The molecule has 31 heavy (non-hydrogen) atoms. The fourth-order valence-corrected chi connectivity index (χ4v) is 4.64. The van der Waals surface area contributed by atoms with E-state index in [9.17, 15) is 15.0 Å². The molecule has 0 spiro atoms. The molecule has 4 N–H and O–H groups in total. The molecule has 2 fully saturated rings. The molecule has 5 rings (SSSR count). The Morgan fingerprint density at radius 2 is 2.13 bits per heavy atom. The molecule has 1 amide bonds. The molecule has 2 saturated carbocycles. The van der Waals surface area contributed by atoms with E-state index in [1.54, 1.807) is 36.3 Å². The summed E-state index contributed by atoms with van der Waals surface area (Å²) < 4.78 is 1.71. The van der Waals surface area contributed by atoms with E-state index in [0.29, 0.717) is 29.1 Å². The summed E-state index contributed by atoms with van der Waals surface area (Å²) in [6, 6.07) is 2.91. The van der Waals surface area contributed by atoms with Gasteiger partial charge in [-0.25, -0.2) is 15.0 Å². The van der Waals surface area contributed by atoms with Crippen LogP contribution in [0.15, 0.2) is 24.7 Å². The van der Waals surface area contributed by atoms with E-state index in [1.165, 1.54) is 7.05 Å². The van der Waals surface area contributed by atoms with E-state index in [2.05, 4.69) is 47.6 Å². The molecule has 2 aliphatic rings. The third kappa shape index (κ3) is 2.76. The van der Waals surface area contributed by atoms with Gasteiger partial charge in [-0.1, -0.05) is 0 Å². The second-order valence-corrected chi connectivity index (χ2v) is 7.68. The van der Waals surface area contributed by atoms with Crippen molar-refractivity contribution < 1.29 is 15.0 Å². The molecule has 5 atom stereocenters. The van der Waals surface area contributed by atoms with Gasteiger partial charge in [0.15, 0.2) is 17.0 Å². The number of imidazole rings is 1.